The molecule has 0 heterocycles. The Morgan fingerprint density at radius 2 is 1.39 bits per heavy atom. The van der Waals surface area contributed by atoms with Crippen LogP contribution in [0, 0.1) is 29.2 Å². The van der Waals surface area contributed by atoms with Gasteiger partial charge in [0.25, 0.3) is 0 Å². The van der Waals surface area contributed by atoms with Crippen LogP contribution in [-0.2, 0) is 0 Å². The molecule has 0 spiro atoms. The zero-order valence-corrected chi connectivity index (χ0v) is 20.4. The van der Waals surface area contributed by atoms with Gasteiger partial charge in [-0.1, -0.05) is 68.3 Å². The Kier molecular flexibility index (Phi) is 8.29. The van der Waals surface area contributed by atoms with Crippen LogP contribution in [0.25, 0.3) is 27.8 Å². The minimum atomic E-state index is -1.03. The summed E-state index contributed by atoms with van der Waals surface area (Å²) < 4.78 is 64.7. The summed E-state index contributed by atoms with van der Waals surface area (Å²) in [5, 5.41) is 0. The molecule has 0 N–H and O–H groups in total. The minimum absolute atomic E-state index is 0.0732. The van der Waals surface area contributed by atoms with Gasteiger partial charge in [-0.05, 0) is 60.4 Å². The van der Waals surface area contributed by atoms with Crippen LogP contribution in [0.5, 0.6) is 5.75 Å². The molecule has 5 heteroatoms. The van der Waals surface area contributed by atoms with Gasteiger partial charge in [-0.2, -0.15) is 4.39 Å². The van der Waals surface area contributed by atoms with E-state index in [2.05, 4.69) is 6.58 Å². The van der Waals surface area contributed by atoms with Gasteiger partial charge >= 0.3 is 0 Å². The molecule has 0 radical (unpaired) electrons. The monoisotopic (exact) mass is 494 g/mol. The van der Waals surface area contributed by atoms with E-state index in [9.17, 15) is 13.2 Å². The second kappa shape index (κ2) is 11.6. The number of ether oxygens (including phenoxy) is 1. The van der Waals surface area contributed by atoms with E-state index in [1.165, 1.54) is 12.1 Å². The van der Waals surface area contributed by atoms with Crippen molar-refractivity contribution in [1.82, 2.24) is 0 Å². The maximum absolute atomic E-state index is 15.0. The predicted molar refractivity (Wildman–Crippen MR) is 138 cm³/mol. The molecule has 3 aromatic carbocycles. The fraction of sp³-hybridized carbons (Fsp3) is 0.290. The molecule has 1 atom stereocenters. The fourth-order valence-corrected chi connectivity index (χ4v) is 4.56. The van der Waals surface area contributed by atoms with Crippen molar-refractivity contribution < 1.29 is 22.3 Å². The normalized spacial score (nSPS) is 15.5. The molecule has 3 aromatic rings. The lowest BCUT2D eigenvalue weighted by molar-refractivity contribution is 0.286. The first-order valence-corrected chi connectivity index (χ1v) is 12.5. The molecular weight excluding hydrogens is 464 g/mol. The number of hydrogen-bond acceptors (Lipinski definition) is 1. The molecule has 0 aromatic heterocycles. The summed E-state index contributed by atoms with van der Waals surface area (Å²) in [4.78, 5) is 0. The molecule has 4 rings (SSSR count). The largest absolute Gasteiger partial charge is 0.490 e. The zero-order valence-electron chi connectivity index (χ0n) is 20.4. The molecule has 0 fully saturated rings. The molecule has 0 saturated heterocycles. The highest BCUT2D eigenvalue weighted by Gasteiger charge is 2.21. The maximum Gasteiger partial charge on any atom is 0.201 e. The van der Waals surface area contributed by atoms with Crippen molar-refractivity contribution in [2.45, 2.75) is 45.4 Å². The van der Waals surface area contributed by atoms with Gasteiger partial charge in [0.15, 0.2) is 23.2 Å². The standard InChI is InChI=1S/C31H30F4O/c1-3-5-6-19-36-27-18-17-26(30(34)31(27)35)23-13-11-22(12-14-23)25-16-15-24(28(32)29(25)33)21-9-7-20(4-2)8-10-21/h4,9,11-18,20H,2-3,5-8,10,19H2,1H3. The van der Waals surface area contributed by atoms with Gasteiger partial charge in [-0.3, -0.25) is 0 Å². The number of benzene rings is 3. The van der Waals surface area contributed by atoms with Gasteiger partial charge in [0.2, 0.25) is 5.82 Å². The molecule has 1 unspecified atom stereocenters. The SMILES string of the molecule is C=CC1CC=C(c2ccc(-c3ccc(-c4ccc(OCCCCC)c(F)c4F)cc3)c(F)c2F)CC1. The van der Waals surface area contributed by atoms with Crippen molar-refractivity contribution in [3.8, 4) is 28.0 Å². The van der Waals surface area contributed by atoms with Gasteiger partial charge in [-0.15, -0.1) is 6.58 Å². The molecule has 1 aliphatic rings. The molecule has 0 bridgehead atoms. The molecule has 0 aliphatic heterocycles. The van der Waals surface area contributed by atoms with E-state index in [1.54, 1.807) is 36.4 Å². The Morgan fingerprint density at radius 3 is 1.97 bits per heavy atom. The second-order valence-electron chi connectivity index (χ2n) is 9.16. The highest BCUT2D eigenvalue weighted by Crippen LogP contribution is 2.36. The molecule has 0 amide bonds. The van der Waals surface area contributed by atoms with Crippen LogP contribution in [0.2, 0.25) is 0 Å². The van der Waals surface area contributed by atoms with Crippen molar-refractivity contribution in [2.24, 2.45) is 5.92 Å². The highest BCUT2D eigenvalue weighted by molar-refractivity contribution is 5.74. The number of halogens is 4. The van der Waals surface area contributed by atoms with Crippen LogP contribution >= 0.6 is 0 Å². The van der Waals surface area contributed by atoms with E-state index in [4.69, 9.17) is 4.74 Å². The van der Waals surface area contributed by atoms with E-state index in [1.807, 2.05) is 19.1 Å². The minimum Gasteiger partial charge on any atom is -0.490 e. The molecule has 188 valence electrons. The van der Waals surface area contributed by atoms with E-state index in [0.29, 0.717) is 30.1 Å². The summed E-state index contributed by atoms with van der Waals surface area (Å²) >= 11 is 0. The smallest absolute Gasteiger partial charge is 0.201 e. The summed E-state index contributed by atoms with van der Waals surface area (Å²) in [5.41, 5.74) is 2.15. The lowest BCUT2D eigenvalue weighted by atomic mass is 9.86. The van der Waals surface area contributed by atoms with Crippen LogP contribution in [0.3, 0.4) is 0 Å². The van der Waals surface area contributed by atoms with Crippen molar-refractivity contribution >= 4 is 5.57 Å². The van der Waals surface area contributed by atoms with Crippen LogP contribution in [0.4, 0.5) is 17.6 Å². The average molecular weight is 495 g/mol. The Balaban J connectivity index is 1.55. The quantitative estimate of drug-likeness (QED) is 0.163. The topological polar surface area (TPSA) is 9.23 Å². The second-order valence-corrected chi connectivity index (χ2v) is 9.16. The molecule has 0 saturated carbocycles. The van der Waals surface area contributed by atoms with Gasteiger partial charge < -0.3 is 4.74 Å². The van der Waals surface area contributed by atoms with Gasteiger partial charge in [0.1, 0.15) is 0 Å². The summed E-state index contributed by atoms with van der Waals surface area (Å²) in [6, 6.07) is 12.3. The lowest BCUT2D eigenvalue weighted by Gasteiger charge is -2.20. The van der Waals surface area contributed by atoms with Crippen LogP contribution in [0.1, 0.15) is 51.0 Å². The zero-order chi connectivity index (χ0) is 25.7. The Hall–Kier alpha value is -3.34. The lowest BCUT2D eigenvalue weighted by Crippen LogP contribution is -2.04. The van der Waals surface area contributed by atoms with Gasteiger partial charge in [-0.25, -0.2) is 13.2 Å². The average Bonchev–Trinajstić information content (AvgIpc) is 2.91. The van der Waals surface area contributed by atoms with E-state index >= 15 is 4.39 Å². The van der Waals surface area contributed by atoms with Crippen molar-refractivity contribution in [3.63, 3.8) is 0 Å². The van der Waals surface area contributed by atoms with Crippen LogP contribution in [0.15, 0.2) is 67.3 Å². The maximum atomic E-state index is 15.0. The van der Waals surface area contributed by atoms with Crippen molar-refractivity contribution in [1.29, 1.82) is 0 Å². The van der Waals surface area contributed by atoms with E-state index in [0.717, 1.165) is 37.7 Å². The summed E-state index contributed by atoms with van der Waals surface area (Å²) in [6.07, 6.45) is 8.89. The Bertz CT molecular complexity index is 1260. The number of allylic oxidation sites excluding steroid dienone is 3. The first-order chi connectivity index (χ1) is 17.4. The van der Waals surface area contributed by atoms with Gasteiger partial charge in [0.05, 0.1) is 6.61 Å². The van der Waals surface area contributed by atoms with Crippen LogP contribution in [-0.4, -0.2) is 6.61 Å². The molecule has 1 aliphatic carbocycles. The van der Waals surface area contributed by atoms with Crippen LogP contribution < -0.4 is 4.74 Å². The summed E-state index contributed by atoms with van der Waals surface area (Å²) in [6.45, 7) is 6.18. The van der Waals surface area contributed by atoms with Crippen molar-refractivity contribution in [3.05, 3.63) is 96.1 Å². The molecule has 36 heavy (non-hydrogen) atoms. The summed E-state index contributed by atoms with van der Waals surface area (Å²) in [7, 11) is 0. The molecule has 1 nitrogen and oxygen atoms in total. The van der Waals surface area contributed by atoms with Crippen molar-refractivity contribution in [2.75, 3.05) is 6.61 Å². The van der Waals surface area contributed by atoms with E-state index < -0.39 is 23.3 Å². The predicted octanol–water partition coefficient (Wildman–Crippen LogP) is 9.52. The van der Waals surface area contributed by atoms with Gasteiger partial charge in [0, 0.05) is 16.7 Å². The third-order valence-electron chi connectivity index (χ3n) is 6.77. The highest BCUT2D eigenvalue weighted by atomic mass is 19.2. The number of rotatable bonds is 9. The fourth-order valence-electron chi connectivity index (χ4n) is 4.56. The Labute approximate surface area is 210 Å². The first kappa shape index (κ1) is 25.7. The third-order valence-corrected chi connectivity index (χ3v) is 6.77. The molecular formula is C31H30F4O. The third kappa shape index (κ3) is 5.40. The number of unbranched alkanes of at least 4 members (excludes halogenated alkanes) is 2. The summed E-state index contributed by atoms with van der Waals surface area (Å²) in [5.74, 6) is -3.58. The Morgan fingerprint density at radius 1 is 0.806 bits per heavy atom. The first-order valence-electron chi connectivity index (χ1n) is 12.5. The number of hydrogen-bond donors (Lipinski definition) is 0. The van der Waals surface area contributed by atoms with E-state index in [-0.39, 0.29) is 22.4 Å².